The van der Waals surface area contributed by atoms with Crippen LogP contribution in [0.5, 0.6) is 0 Å². The van der Waals surface area contributed by atoms with Crippen LogP contribution in [0.4, 0.5) is 9.93 Å². The molecule has 1 amide bonds. The summed E-state index contributed by atoms with van der Waals surface area (Å²) in [5.74, 6) is 0. The van der Waals surface area contributed by atoms with Crippen LogP contribution in [0.1, 0.15) is 38.3 Å². The third-order valence-corrected chi connectivity index (χ3v) is 4.13. The van der Waals surface area contributed by atoms with Crippen LogP contribution in [-0.2, 0) is 10.2 Å². The zero-order valence-electron chi connectivity index (χ0n) is 12.6. The molecule has 0 bridgehead atoms. The summed E-state index contributed by atoms with van der Waals surface area (Å²) in [6.45, 7) is 9.31. The number of amides is 1. The van der Waals surface area contributed by atoms with Gasteiger partial charge in [-0.2, -0.15) is 0 Å². The highest BCUT2D eigenvalue weighted by molar-refractivity contribution is 7.16. The zero-order chi connectivity index (χ0) is 15.6. The van der Waals surface area contributed by atoms with Crippen molar-refractivity contribution in [2.75, 3.05) is 18.5 Å². The van der Waals surface area contributed by atoms with E-state index in [4.69, 9.17) is 10.5 Å². The molecule has 0 spiro atoms. The van der Waals surface area contributed by atoms with Crippen molar-refractivity contribution in [1.29, 1.82) is 0 Å². The van der Waals surface area contributed by atoms with Gasteiger partial charge in [0.2, 0.25) is 0 Å². The molecule has 1 unspecified atom stereocenters. The minimum absolute atomic E-state index is 0.0710. The summed E-state index contributed by atoms with van der Waals surface area (Å²) < 4.78 is 5.17. The molecular formula is C13H23N3O3S. The smallest absolute Gasteiger partial charge is 0.413 e. The number of ether oxygens (including phenoxy) is 1. The monoisotopic (exact) mass is 301 g/mol. The lowest BCUT2D eigenvalue weighted by molar-refractivity contribution is 0.0636. The number of carbonyl (C=O) groups excluding carboxylic acids is 1. The summed E-state index contributed by atoms with van der Waals surface area (Å²) in [7, 11) is 0. The fraction of sp³-hybridized carbons (Fsp3) is 0.692. The largest absolute Gasteiger partial charge is 0.444 e. The van der Waals surface area contributed by atoms with E-state index in [1.807, 2.05) is 13.8 Å². The Bertz CT molecular complexity index is 476. The molecule has 1 atom stereocenters. The van der Waals surface area contributed by atoms with Crippen molar-refractivity contribution < 1.29 is 14.6 Å². The molecule has 0 aliphatic carbocycles. The van der Waals surface area contributed by atoms with Gasteiger partial charge < -0.3 is 15.6 Å². The van der Waals surface area contributed by atoms with Crippen molar-refractivity contribution >= 4 is 22.6 Å². The molecule has 0 saturated heterocycles. The van der Waals surface area contributed by atoms with E-state index < -0.39 is 17.1 Å². The second-order valence-corrected chi connectivity index (χ2v) is 6.98. The molecule has 6 nitrogen and oxygen atoms in total. The molecule has 0 fully saturated rings. The number of carbonyl (C=O) groups is 1. The molecule has 1 heterocycles. The van der Waals surface area contributed by atoms with E-state index in [0.717, 1.165) is 10.6 Å². The van der Waals surface area contributed by atoms with E-state index in [-0.39, 0.29) is 6.61 Å². The lowest BCUT2D eigenvalue weighted by Crippen LogP contribution is -2.35. The highest BCUT2D eigenvalue weighted by Gasteiger charge is 2.29. The summed E-state index contributed by atoms with van der Waals surface area (Å²) in [4.78, 5) is 16.8. The number of rotatable bonds is 4. The average Bonchev–Trinajstić information content (AvgIpc) is 2.67. The lowest BCUT2D eigenvalue weighted by Gasteiger charge is -2.24. The standard InChI is InChI=1S/C13H23N3O3S/c1-8-9(13(5,6-14)7-17)20-10(15-8)16-11(18)19-12(2,3)4/h17H,6-7,14H2,1-5H3,(H,15,16,18). The Kier molecular flexibility index (Phi) is 5.12. The first kappa shape index (κ1) is 16.9. The highest BCUT2D eigenvalue weighted by Crippen LogP contribution is 2.33. The highest BCUT2D eigenvalue weighted by atomic mass is 32.1. The Balaban J connectivity index is 2.88. The van der Waals surface area contributed by atoms with Crippen molar-refractivity contribution in [1.82, 2.24) is 4.98 Å². The van der Waals surface area contributed by atoms with E-state index in [9.17, 15) is 9.90 Å². The van der Waals surface area contributed by atoms with Gasteiger partial charge in [0.15, 0.2) is 5.13 Å². The van der Waals surface area contributed by atoms with Gasteiger partial charge in [-0.05, 0) is 27.7 Å². The van der Waals surface area contributed by atoms with Gasteiger partial charge in [-0.25, -0.2) is 9.78 Å². The van der Waals surface area contributed by atoms with E-state index in [1.165, 1.54) is 11.3 Å². The minimum Gasteiger partial charge on any atom is -0.444 e. The van der Waals surface area contributed by atoms with E-state index >= 15 is 0 Å². The molecule has 0 saturated carbocycles. The van der Waals surface area contributed by atoms with Crippen LogP contribution >= 0.6 is 11.3 Å². The third-order valence-electron chi connectivity index (χ3n) is 2.75. The average molecular weight is 301 g/mol. The fourth-order valence-electron chi connectivity index (χ4n) is 1.63. The number of anilines is 1. The second-order valence-electron chi connectivity index (χ2n) is 5.98. The van der Waals surface area contributed by atoms with Crippen molar-refractivity contribution in [3.63, 3.8) is 0 Å². The van der Waals surface area contributed by atoms with Crippen molar-refractivity contribution in [2.24, 2.45) is 5.73 Å². The Labute approximate surface area is 123 Å². The van der Waals surface area contributed by atoms with Crippen molar-refractivity contribution in [3.05, 3.63) is 10.6 Å². The molecule has 114 valence electrons. The normalized spacial score (nSPS) is 14.8. The molecule has 0 aliphatic heterocycles. The molecule has 4 N–H and O–H groups in total. The Morgan fingerprint density at radius 2 is 2.05 bits per heavy atom. The van der Waals surface area contributed by atoms with Crippen LogP contribution in [0.3, 0.4) is 0 Å². The maximum atomic E-state index is 11.7. The Morgan fingerprint density at radius 3 is 2.50 bits per heavy atom. The van der Waals surface area contributed by atoms with Crippen LogP contribution in [0, 0.1) is 6.92 Å². The number of hydrogen-bond acceptors (Lipinski definition) is 6. The lowest BCUT2D eigenvalue weighted by atomic mass is 9.89. The number of aliphatic hydroxyl groups excluding tert-OH is 1. The van der Waals surface area contributed by atoms with Crippen LogP contribution < -0.4 is 11.1 Å². The summed E-state index contributed by atoms with van der Waals surface area (Å²) in [5, 5.41) is 12.5. The zero-order valence-corrected chi connectivity index (χ0v) is 13.4. The van der Waals surface area contributed by atoms with Crippen molar-refractivity contribution in [3.8, 4) is 0 Å². The van der Waals surface area contributed by atoms with E-state index in [1.54, 1.807) is 20.8 Å². The number of aryl methyl sites for hydroxylation is 1. The quantitative estimate of drug-likeness (QED) is 0.790. The van der Waals surface area contributed by atoms with E-state index in [2.05, 4.69) is 10.3 Å². The molecule has 1 rings (SSSR count). The predicted molar refractivity (Wildman–Crippen MR) is 80.2 cm³/mol. The number of aliphatic hydroxyl groups is 1. The molecule has 0 aliphatic rings. The van der Waals surface area contributed by atoms with Crippen molar-refractivity contribution in [2.45, 2.75) is 45.6 Å². The third kappa shape index (κ3) is 4.16. The first-order chi connectivity index (χ1) is 9.11. The number of aromatic nitrogens is 1. The molecule has 20 heavy (non-hydrogen) atoms. The first-order valence-electron chi connectivity index (χ1n) is 6.40. The number of nitrogens with two attached hydrogens (primary N) is 1. The van der Waals surface area contributed by atoms with Crippen LogP contribution in [0.25, 0.3) is 0 Å². The maximum Gasteiger partial charge on any atom is 0.413 e. The summed E-state index contributed by atoms with van der Waals surface area (Å²) in [5.41, 5.74) is 5.37. The number of nitrogens with one attached hydrogen (secondary N) is 1. The fourth-order valence-corrected chi connectivity index (χ4v) is 2.73. The van der Waals surface area contributed by atoms with Gasteiger partial charge in [0.25, 0.3) is 0 Å². The van der Waals surface area contributed by atoms with E-state index in [0.29, 0.717) is 11.7 Å². The van der Waals surface area contributed by atoms with Gasteiger partial charge in [-0.1, -0.05) is 6.92 Å². The summed E-state index contributed by atoms with van der Waals surface area (Å²) in [6.07, 6.45) is -0.545. The maximum absolute atomic E-state index is 11.7. The molecule has 0 aromatic carbocycles. The number of hydrogen-bond donors (Lipinski definition) is 3. The van der Waals surface area contributed by atoms with Gasteiger partial charge >= 0.3 is 6.09 Å². The number of nitrogens with zero attached hydrogens (tertiary/aromatic N) is 1. The summed E-state index contributed by atoms with van der Waals surface area (Å²) >= 11 is 1.31. The molecule has 7 heteroatoms. The van der Waals surface area contributed by atoms with Gasteiger partial charge in [0.05, 0.1) is 12.3 Å². The molecule has 0 radical (unpaired) electrons. The van der Waals surface area contributed by atoms with Crippen LogP contribution in [0.15, 0.2) is 0 Å². The van der Waals surface area contributed by atoms with Gasteiger partial charge in [-0.15, -0.1) is 11.3 Å². The predicted octanol–water partition coefficient (Wildman–Crippen LogP) is 2.01. The van der Waals surface area contributed by atoms with Crippen LogP contribution in [0.2, 0.25) is 0 Å². The Morgan fingerprint density at radius 1 is 1.45 bits per heavy atom. The molecule has 1 aromatic rings. The summed E-state index contributed by atoms with van der Waals surface area (Å²) in [6, 6.07) is 0. The Hall–Kier alpha value is -1.18. The van der Waals surface area contributed by atoms with Gasteiger partial charge in [0.1, 0.15) is 5.60 Å². The topological polar surface area (TPSA) is 97.5 Å². The number of thiazole rings is 1. The minimum atomic E-state index is -0.559. The molecular weight excluding hydrogens is 278 g/mol. The SMILES string of the molecule is Cc1nc(NC(=O)OC(C)(C)C)sc1C(C)(CN)CO. The van der Waals surface area contributed by atoms with Gasteiger partial charge in [0, 0.05) is 16.8 Å². The van der Waals surface area contributed by atoms with Crippen LogP contribution in [-0.4, -0.2) is 34.9 Å². The van der Waals surface area contributed by atoms with Gasteiger partial charge in [-0.3, -0.25) is 5.32 Å². The second kappa shape index (κ2) is 6.07. The molecule has 1 aromatic heterocycles. The first-order valence-corrected chi connectivity index (χ1v) is 7.22.